The number of hydrogen-bond acceptors (Lipinski definition) is 3. The first-order valence-corrected chi connectivity index (χ1v) is 11.7. The van der Waals surface area contributed by atoms with Gasteiger partial charge < -0.3 is 9.05 Å². The zero-order chi connectivity index (χ0) is 17.4. The van der Waals surface area contributed by atoms with Gasteiger partial charge in [0, 0.05) is 0 Å². The Labute approximate surface area is 145 Å². The van der Waals surface area contributed by atoms with Crippen LogP contribution in [0.2, 0.25) is 0 Å². The van der Waals surface area contributed by atoms with Gasteiger partial charge in [-0.2, -0.15) is 0 Å². The molecule has 3 nitrogen and oxygen atoms in total. The van der Waals surface area contributed by atoms with E-state index < -0.39 is 7.60 Å². The third-order valence-electron chi connectivity index (χ3n) is 3.94. The maximum absolute atomic E-state index is 12.8. The molecule has 0 aliphatic carbocycles. The van der Waals surface area contributed by atoms with E-state index in [9.17, 15) is 4.57 Å². The Hall–Kier alpha value is 0.150. The van der Waals surface area contributed by atoms with E-state index in [0.29, 0.717) is 12.8 Å². The van der Waals surface area contributed by atoms with Crippen LogP contribution < -0.4 is 0 Å². The van der Waals surface area contributed by atoms with Gasteiger partial charge in [0.15, 0.2) is 0 Å². The summed E-state index contributed by atoms with van der Waals surface area (Å²) in [6.45, 7) is 8.89. The molecule has 0 radical (unpaired) electrons. The van der Waals surface area contributed by atoms with Gasteiger partial charge in [-0.15, -0.1) is 0 Å². The average molecular weight is 349 g/mol. The number of hydrogen-bond donors (Lipinski definition) is 0. The van der Waals surface area contributed by atoms with Crippen molar-refractivity contribution in [1.29, 1.82) is 0 Å². The van der Waals surface area contributed by atoms with Gasteiger partial charge in [-0.3, -0.25) is 4.57 Å². The molecule has 0 N–H and O–H groups in total. The van der Waals surface area contributed by atoms with Crippen LogP contribution in [0.5, 0.6) is 0 Å². The lowest BCUT2D eigenvalue weighted by Crippen LogP contribution is -2.07. The van der Waals surface area contributed by atoms with Crippen molar-refractivity contribution in [2.45, 2.75) is 111 Å². The van der Waals surface area contributed by atoms with Crippen LogP contribution >= 0.6 is 7.60 Å². The SMILES string of the molecule is CCCCCCCCOP(=O)(CCCCCCCC)OC(C)C. The number of rotatable bonds is 17. The van der Waals surface area contributed by atoms with Gasteiger partial charge in [-0.1, -0.05) is 78.1 Å². The quantitative estimate of drug-likeness (QED) is 0.204. The molecule has 140 valence electrons. The first-order chi connectivity index (χ1) is 11.0. The minimum atomic E-state index is -2.89. The summed E-state index contributed by atoms with van der Waals surface area (Å²) in [5.74, 6) is 0. The summed E-state index contributed by atoms with van der Waals surface area (Å²) in [6.07, 6.45) is 15.0. The van der Waals surface area contributed by atoms with Crippen LogP contribution in [-0.4, -0.2) is 18.9 Å². The molecule has 0 bridgehead atoms. The molecule has 23 heavy (non-hydrogen) atoms. The largest absolute Gasteiger partial charge is 0.330 e. The standard InChI is InChI=1S/C19H41O3P/c1-5-7-9-11-13-15-17-21-23(20,22-19(3)4)18-16-14-12-10-8-6-2/h19H,5-18H2,1-4H3. The van der Waals surface area contributed by atoms with Crippen LogP contribution in [0.4, 0.5) is 0 Å². The zero-order valence-corrected chi connectivity index (χ0v) is 17.0. The highest BCUT2D eigenvalue weighted by Crippen LogP contribution is 2.50. The minimum absolute atomic E-state index is 0.0366. The fourth-order valence-corrected chi connectivity index (χ4v) is 4.60. The summed E-state index contributed by atoms with van der Waals surface area (Å²) in [6, 6.07) is 0. The second kappa shape index (κ2) is 15.7. The summed E-state index contributed by atoms with van der Waals surface area (Å²) < 4.78 is 24.2. The fraction of sp³-hybridized carbons (Fsp3) is 1.00. The molecular weight excluding hydrogens is 307 g/mol. The fourth-order valence-electron chi connectivity index (χ4n) is 2.64. The van der Waals surface area contributed by atoms with E-state index in [1.165, 1.54) is 57.8 Å². The Balaban J connectivity index is 3.90. The average Bonchev–Trinajstić information content (AvgIpc) is 2.49. The molecule has 1 unspecified atom stereocenters. The van der Waals surface area contributed by atoms with Gasteiger partial charge in [0.2, 0.25) is 0 Å². The summed E-state index contributed by atoms with van der Waals surface area (Å²) in [5.41, 5.74) is 0. The summed E-state index contributed by atoms with van der Waals surface area (Å²) in [5, 5.41) is 0. The summed E-state index contributed by atoms with van der Waals surface area (Å²) in [4.78, 5) is 0. The van der Waals surface area contributed by atoms with Crippen molar-refractivity contribution >= 4 is 7.60 Å². The lowest BCUT2D eigenvalue weighted by atomic mass is 10.1. The van der Waals surface area contributed by atoms with E-state index in [1.807, 2.05) is 13.8 Å². The Morgan fingerprint density at radius 3 is 1.74 bits per heavy atom. The lowest BCUT2D eigenvalue weighted by Gasteiger charge is -2.21. The molecule has 0 aromatic carbocycles. The predicted octanol–water partition coefficient (Wildman–Crippen LogP) is 7.34. The minimum Gasteiger partial charge on any atom is -0.309 e. The van der Waals surface area contributed by atoms with Gasteiger partial charge in [0.1, 0.15) is 0 Å². The highest BCUT2D eigenvalue weighted by atomic mass is 31.2. The van der Waals surface area contributed by atoms with E-state index in [-0.39, 0.29) is 6.10 Å². The molecular formula is C19H41O3P. The normalized spacial score (nSPS) is 14.3. The van der Waals surface area contributed by atoms with Crippen molar-refractivity contribution in [3.8, 4) is 0 Å². The molecule has 0 rings (SSSR count). The van der Waals surface area contributed by atoms with Crippen molar-refractivity contribution in [1.82, 2.24) is 0 Å². The Morgan fingerprint density at radius 2 is 1.22 bits per heavy atom. The summed E-state index contributed by atoms with van der Waals surface area (Å²) >= 11 is 0. The first kappa shape index (κ1) is 23.1. The lowest BCUT2D eigenvalue weighted by molar-refractivity contribution is 0.166. The van der Waals surface area contributed by atoms with E-state index >= 15 is 0 Å². The van der Waals surface area contributed by atoms with Gasteiger partial charge in [-0.25, -0.2) is 0 Å². The first-order valence-electron chi connectivity index (χ1n) is 9.96. The Morgan fingerprint density at radius 1 is 0.739 bits per heavy atom. The van der Waals surface area contributed by atoms with Crippen molar-refractivity contribution in [3.63, 3.8) is 0 Å². The van der Waals surface area contributed by atoms with E-state index in [1.54, 1.807) is 0 Å². The highest BCUT2D eigenvalue weighted by molar-refractivity contribution is 7.53. The predicted molar refractivity (Wildman–Crippen MR) is 101 cm³/mol. The van der Waals surface area contributed by atoms with Crippen molar-refractivity contribution in [2.75, 3.05) is 12.8 Å². The second-order valence-corrected chi connectivity index (χ2v) is 9.00. The third kappa shape index (κ3) is 15.4. The van der Waals surface area contributed by atoms with Crippen LogP contribution in [0.1, 0.15) is 105 Å². The molecule has 0 heterocycles. The maximum Gasteiger partial charge on any atom is 0.330 e. The zero-order valence-electron chi connectivity index (χ0n) is 16.1. The molecule has 4 heteroatoms. The van der Waals surface area contributed by atoms with Crippen LogP contribution in [-0.2, 0) is 13.6 Å². The van der Waals surface area contributed by atoms with Crippen LogP contribution in [0.25, 0.3) is 0 Å². The van der Waals surface area contributed by atoms with E-state index in [2.05, 4.69) is 13.8 Å². The van der Waals surface area contributed by atoms with E-state index in [4.69, 9.17) is 9.05 Å². The highest BCUT2D eigenvalue weighted by Gasteiger charge is 2.25. The van der Waals surface area contributed by atoms with Crippen molar-refractivity contribution in [2.24, 2.45) is 0 Å². The molecule has 0 spiro atoms. The van der Waals surface area contributed by atoms with E-state index in [0.717, 1.165) is 19.3 Å². The summed E-state index contributed by atoms with van der Waals surface area (Å²) in [7, 11) is -2.89. The van der Waals surface area contributed by atoms with Crippen molar-refractivity contribution < 1.29 is 13.6 Å². The molecule has 0 aromatic heterocycles. The van der Waals surface area contributed by atoms with Crippen LogP contribution in [0.15, 0.2) is 0 Å². The monoisotopic (exact) mass is 348 g/mol. The van der Waals surface area contributed by atoms with Crippen LogP contribution in [0.3, 0.4) is 0 Å². The van der Waals surface area contributed by atoms with Gasteiger partial charge in [-0.05, 0) is 26.7 Å². The number of unbranched alkanes of at least 4 members (excludes halogenated alkanes) is 10. The second-order valence-electron chi connectivity index (χ2n) is 6.86. The Kier molecular flexibility index (Phi) is 15.8. The van der Waals surface area contributed by atoms with Crippen LogP contribution in [0, 0.1) is 0 Å². The molecule has 0 fully saturated rings. The van der Waals surface area contributed by atoms with Gasteiger partial charge in [0.05, 0.1) is 18.9 Å². The molecule has 0 saturated heterocycles. The van der Waals surface area contributed by atoms with Crippen molar-refractivity contribution in [3.05, 3.63) is 0 Å². The maximum atomic E-state index is 12.8. The van der Waals surface area contributed by atoms with Gasteiger partial charge in [0.25, 0.3) is 0 Å². The molecule has 0 amide bonds. The molecule has 1 atom stereocenters. The third-order valence-corrected chi connectivity index (χ3v) is 6.13. The molecule has 0 aliphatic heterocycles. The smallest absolute Gasteiger partial charge is 0.309 e. The Bertz CT molecular complexity index is 292. The molecule has 0 saturated carbocycles. The molecule has 0 aromatic rings. The molecule has 0 aliphatic rings. The van der Waals surface area contributed by atoms with Gasteiger partial charge >= 0.3 is 7.60 Å². The topological polar surface area (TPSA) is 35.5 Å².